The molecule has 2 aromatic heterocycles. The van der Waals surface area contributed by atoms with E-state index in [1.807, 2.05) is 11.6 Å². The number of pyridine rings is 1. The zero-order chi connectivity index (χ0) is 10.7. The van der Waals surface area contributed by atoms with Gasteiger partial charge in [-0.3, -0.25) is 0 Å². The Morgan fingerprint density at radius 3 is 2.87 bits per heavy atom. The molecule has 0 saturated carbocycles. The zero-order valence-corrected chi connectivity index (χ0v) is 8.22. The highest BCUT2D eigenvalue weighted by Crippen LogP contribution is 2.10. The van der Waals surface area contributed by atoms with Gasteiger partial charge >= 0.3 is 0 Å². The van der Waals surface area contributed by atoms with Crippen molar-refractivity contribution in [3.63, 3.8) is 0 Å². The summed E-state index contributed by atoms with van der Waals surface area (Å²) in [5.74, 6) is 0.0282. The SMILES string of the molecule is Cn1cncc1COc1ccc(F)nc1. The maximum Gasteiger partial charge on any atom is 0.213 e. The van der Waals surface area contributed by atoms with Crippen molar-refractivity contribution >= 4 is 0 Å². The number of aryl methyl sites for hydroxylation is 1. The first kappa shape index (κ1) is 9.64. The van der Waals surface area contributed by atoms with Crippen LogP contribution in [0.2, 0.25) is 0 Å². The Labute approximate surface area is 86.4 Å². The molecular weight excluding hydrogens is 197 g/mol. The van der Waals surface area contributed by atoms with E-state index in [1.165, 1.54) is 12.3 Å². The van der Waals surface area contributed by atoms with Crippen LogP contribution in [0.3, 0.4) is 0 Å². The molecule has 2 rings (SSSR count). The Morgan fingerprint density at radius 2 is 2.27 bits per heavy atom. The number of aromatic nitrogens is 3. The van der Waals surface area contributed by atoms with Crippen molar-refractivity contribution < 1.29 is 9.13 Å². The normalized spacial score (nSPS) is 10.3. The molecule has 0 saturated heterocycles. The fourth-order valence-corrected chi connectivity index (χ4v) is 1.13. The maximum absolute atomic E-state index is 12.5. The molecule has 2 aromatic rings. The molecule has 0 N–H and O–H groups in total. The van der Waals surface area contributed by atoms with Crippen LogP contribution >= 0.6 is 0 Å². The Morgan fingerprint density at radius 1 is 1.40 bits per heavy atom. The van der Waals surface area contributed by atoms with Gasteiger partial charge in [0.1, 0.15) is 12.4 Å². The third-order valence-corrected chi connectivity index (χ3v) is 2.00. The van der Waals surface area contributed by atoms with E-state index >= 15 is 0 Å². The summed E-state index contributed by atoms with van der Waals surface area (Å²) >= 11 is 0. The van der Waals surface area contributed by atoms with E-state index in [0.717, 1.165) is 5.69 Å². The minimum Gasteiger partial charge on any atom is -0.486 e. The lowest BCUT2D eigenvalue weighted by Gasteiger charge is -2.05. The number of hydrogen-bond donors (Lipinski definition) is 0. The molecule has 0 amide bonds. The van der Waals surface area contributed by atoms with E-state index in [4.69, 9.17) is 4.74 Å². The molecule has 0 spiro atoms. The quantitative estimate of drug-likeness (QED) is 0.716. The highest BCUT2D eigenvalue weighted by molar-refractivity contribution is 5.16. The highest BCUT2D eigenvalue weighted by Gasteiger charge is 2.00. The van der Waals surface area contributed by atoms with E-state index in [0.29, 0.717) is 12.4 Å². The van der Waals surface area contributed by atoms with Crippen LogP contribution in [0.15, 0.2) is 30.9 Å². The number of halogens is 1. The van der Waals surface area contributed by atoms with Crippen molar-refractivity contribution in [2.75, 3.05) is 0 Å². The van der Waals surface area contributed by atoms with Gasteiger partial charge in [0.25, 0.3) is 0 Å². The highest BCUT2D eigenvalue weighted by atomic mass is 19.1. The van der Waals surface area contributed by atoms with Crippen molar-refractivity contribution in [1.29, 1.82) is 0 Å². The standard InChI is InChI=1S/C10H10FN3O/c1-14-7-12-4-8(14)6-15-9-2-3-10(11)13-5-9/h2-5,7H,6H2,1H3. The molecule has 78 valence electrons. The van der Waals surface area contributed by atoms with Crippen molar-refractivity contribution in [2.24, 2.45) is 7.05 Å². The first-order valence-electron chi connectivity index (χ1n) is 4.45. The molecule has 4 nitrogen and oxygen atoms in total. The van der Waals surface area contributed by atoms with Crippen LogP contribution in [0.25, 0.3) is 0 Å². The number of hydrogen-bond acceptors (Lipinski definition) is 3. The molecule has 0 fully saturated rings. The average Bonchev–Trinajstić information content (AvgIpc) is 2.63. The van der Waals surface area contributed by atoms with Gasteiger partial charge in [0.2, 0.25) is 5.95 Å². The van der Waals surface area contributed by atoms with Crippen molar-refractivity contribution in [2.45, 2.75) is 6.61 Å². The fourth-order valence-electron chi connectivity index (χ4n) is 1.13. The summed E-state index contributed by atoms with van der Waals surface area (Å²) in [7, 11) is 1.88. The molecule has 2 heterocycles. The summed E-state index contributed by atoms with van der Waals surface area (Å²) in [4.78, 5) is 7.44. The number of nitrogens with zero attached hydrogens (tertiary/aromatic N) is 3. The molecule has 0 radical (unpaired) electrons. The lowest BCUT2D eigenvalue weighted by atomic mass is 10.4. The molecule has 0 aromatic carbocycles. The molecule has 15 heavy (non-hydrogen) atoms. The molecule has 0 atom stereocenters. The average molecular weight is 207 g/mol. The Balaban J connectivity index is 1.99. The predicted molar refractivity (Wildman–Crippen MR) is 51.7 cm³/mol. The minimum atomic E-state index is -0.511. The summed E-state index contributed by atoms with van der Waals surface area (Å²) in [6, 6.07) is 2.80. The van der Waals surface area contributed by atoms with E-state index in [2.05, 4.69) is 9.97 Å². The maximum atomic E-state index is 12.5. The number of rotatable bonds is 3. The molecule has 0 aliphatic carbocycles. The monoisotopic (exact) mass is 207 g/mol. The van der Waals surface area contributed by atoms with Crippen LogP contribution in [-0.4, -0.2) is 14.5 Å². The second-order valence-corrected chi connectivity index (χ2v) is 3.10. The van der Waals surface area contributed by atoms with Crippen molar-refractivity contribution in [3.05, 3.63) is 42.5 Å². The van der Waals surface area contributed by atoms with Gasteiger partial charge in [-0.1, -0.05) is 0 Å². The van der Waals surface area contributed by atoms with E-state index in [9.17, 15) is 4.39 Å². The topological polar surface area (TPSA) is 39.9 Å². The molecular formula is C10H10FN3O. The molecule has 0 unspecified atom stereocenters. The fraction of sp³-hybridized carbons (Fsp3) is 0.200. The van der Waals surface area contributed by atoms with Crippen LogP contribution in [0, 0.1) is 5.95 Å². The predicted octanol–water partition coefficient (Wildman–Crippen LogP) is 1.53. The summed E-state index contributed by atoms with van der Waals surface area (Å²) in [6.45, 7) is 0.393. The van der Waals surface area contributed by atoms with Gasteiger partial charge in [-0.25, -0.2) is 9.97 Å². The third kappa shape index (κ3) is 2.31. The summed E-state index contributed by atoms with van der Waals surface area (Å²) in [6.07, 6.45) is 4.77. The molecule has 0 bridgehead atoms. The summed E-state index contributed by atoms with van der Waals surface area (Å²) < 4.78 is 19.7. The van der Waals surface area contributed by atoms with Crippen molar-refractivity contribution in [1.82, 2.24) is 14.5 Å². The lowest BCUT2D eigenvalue weighted by Crippen LogP contribution is -2.01. The van der Waals surface area contributed by atoms with Crippen LogP contribution in [0.5, 0.6) is 5.75 Å². The third-order valence-electron chi connectivity index (χ3n) is 2.00. The van der Waals surface area contributed by atoms with E-state index < -0.39 is 5.95 Å². The van der Waals surface area contributed by atoms with Gasteiger partial charge in [-0.15, -0.1) is 0 Å². The van der Waals surface area contributed by atoms with Crippen LogP contribution in [-0.2, 0) is 13.7 Å². The first-order chi connectivity index (χ1) is 7.25. The lowest BCUT2D eigenvalue weighted by molar-refractivity contribution is 0.295. The Bertz CT molecular complexity index is 438. The number of ether oxygens (including phenoxy) is 1. The van der Waals surface area contributed by atoms with Gasteiger partial charge in [0, 0.05) is 7.05 Å². The second kappa shape index (κ2) is 4.08. The van der Waals surface area contributed by atoms with Gasteiger partial charge < -0.3 is 9.30 Å². The van der Waals surface area contributed by atoms with Gasteiger partial charge in [-0.05, 0) is 12.1 Å². The second-order valence-electron chi connectivity index (χ2n) is 3.10. The van der Waals surface area contributed by atoms with E-state index in [1.54, 1.807) is 18.6 Å². The van der Waals surface area contributed by atoms with E-state index in [-0.39, 0.29) is 0 Å². The Kier molecular flexibility index (Phi) is 2.62. The van der Waals surface area contributed by atoms with Gasteiger partial charge in [0.15, 0.2) is 0 Å². The largest absolute Gasteiger partial charge is 0.486 e. The van der Waals surface area contributed by atoms with Crippen LogP contribution in [0.4, 0.5) is 4.39 Å². The van der Waals surface area contributed by atoms with Crippen LogP contribution < -0.4 is 4.74 Å². The van der Waals surface area contributed by atoms with Crippen LogP contribution in [0.1, 0.15) is 5.69 Å². The minimum absolute atomic E-state index is 0.393. The molecule has 5 heteroatoms. The number of imidazole rings is 1. The first-order valence-corrected chi connectivity index (χ1v) is 4.45. The van der Waals surface area contributed by atoms with Gasteiger partial charge in [0.05, 0.1) is 24.4 Å². The smallest absolute Gasteiger partial charge is 0.213 e. The molecule has 0 aliphatic heterocycles. The zero-order valence-electron chi connectivity index (χ0n) is 8.22. The summed E-state index contributed by atoms with van der Waals surface area (Å²) in [5.41, 5.74) is 0.944. The van der Waals surface area contributed by atoms with Gasteiger partial charge in [-0.2, -0.15) is 4.39 Å². The van der Waals surface area contributed by atoms with Crippen molar-refractivity contribution in [3.8, 4) is 5.75 Å². The molecule has 0 aliphatic rings. The Hall–Kier alpha value is -1.91. The summed E-state index contributed by atoms with van der Waals surface area (Å²) in [5, 5.41) is 0.